The van der Waals surface area contributed by atoms with Crippen LogP contribution in [0.25, 0.3) is 0 Å². The minimum Gasteiger partial charge on any atom is -0.444 e. The monoisotopic (exact) mass is 443 g/mol. The van der Waals surface area contributed by atoms with E-state index in [0.717, 1.165) is 12.8 Å². The molecule has 1 aliphatic rings. The van der Waals surface area contributed by atoms with Gasteiger partial charge in [0.2, 0.25) is 5.91 Å². The standard InChI is InChI=1S/C20H27Cl2N3O4/c1-20(2,3)29-19(28)24-12-17(26)25-8-6-13(7-9-25)11-23-18(27)15-10-14(21)4-5-16(15)22/h4-5,10,13H,6-9,11-12H2,1-3H3,(H,23,27)(H,24,28). The first kappa shape index (κ1) is 23.3. The molecule has 1 aliphatic heterocycles. The molecule has 29 heavy (non-hydrogen) atoms. The highest BCUT2D eigenvalue weighted by Gasteiger charge is 2.24. The Morgan fingerprint density at radius 1 is 1.14 bits per heavy atom. The Morgan fingerprint density at radius 3 is 2.41 bits per heavy atom. The van der Waals surface area contributed by atoms with Crippen LogP contribution in [0.2, 0.25) is 10.0 Å². The van der Waals surface area contributed by atoms with Crippen molar-refractivity contribution in [1.29, 1.82) is 0 Å². The number of nitrogens with zero attached hydrogens (tertiary/aromatic N) is 1. The molecule has 0 bridgehead atoms. The SMILES string of the molecule is CC(C)(C)OC(=O)NCC(=O)N1CCC(CNC(=O)c2cc(Cl)ccc2Cl)CC1. The number of rotatable bonds is 5. The first-order valence-electron chi connectivity index (χ1n) is 9.53. The summed E-state index contributed by atoms with van der Waals surface area (Å²) < 4.78 is 5.12. The largest absolute Gasteiger partial charge is 0.444 e. The van der Waals surface area contributed by atoms with Crippen LogP contribution in [0.4, 0.5) is 4.79 Å². The Morgan fingerprint density at radius 2 is 1.79 bits per heavy atom. The summed E-state index contributed by atoms with van der Waals surface area (Å²) in [5.41, 5.74) is -0.259. The van der Waals surface area contributed by atoms with E-state index < -0.39 is 11.7 Å². The van der Waals surface area contributed by atoms with Gasteiger partial charge in [-0.3, -0.25) is 9.59 Å². The molecule has 1 saturated heterocycles. The van der Waals surface area contributed by atoms with Crippen LogP contribution < -0.4 is 10.6 Å². The summed E-state index contributed by atoms with van der Waals surface area (Å²) in [6.45, 7) is 6.85. The van der Waals surface area contributed by atoms with E-state index in [2.05, 4.69) is 10.6 Å². The molecule has 1 aromatic rings. The number of amides is 3. The summed E-state index contributed by atoms with van der Waals surface area (Å²) in [7, 11) is 0. The molecular weight excluding hydrogens is 417 g/mol. The number of benzene rings is 1. The third-order valence-electron chi connectivity index (χ3n) is 4.47. The smallest absolute Gasteiger partial charge is 0.408 e. The molecule has 1 fully saturated rings. The second-order valence-electron chi connectivity index (χ2n) is 8.01. The van der Waals surface area contributed by atoms with Crippen molar-refractivity contribution in [3.05, 3.63) is 33.8 Å². The lowest BCUT2D eigenvalue weighted by Crippen LogP contribution is -2.46. The molecule has 0 spiro atoms. The molecule has 3 amide bonds. The van der Waals surface area contributed by atoms with Crippen LogP contribution in [-0.2, 0) is 9.53 Å². The van der Waals surface area contributed by atoms with Gasteiger partial charge < -0.3 is 20.3 Å². The van der Waals surface area contributed by atoms with Gasteiger partial charge in [0.05, 0.1) is 10.6 Å². The number of halogens is 2. The van der Waals surface area contributed by atoms with Crippen LogP contribution in [0.3, 0.4) is 0 Å². The fraction of sp³-hybridized carbons (Fsp3) is 0.550. The van der Waals surface area contributed by atoms with Crippen molar-refractivity contribution >= 4 is 41.1 Å². The zero-order valence-corrected chi connectivity index (χ0v) is 18.4. The minimum absolute atomic E-state index is 0.0937. The van der Waals surface area contributed by atoms with Crippen molar-refractivity contribution in [2.24, 2.45) is 5.92 Å². The van der Waals surface area contributed by atoms with E-state index in [1.54, 1.807) is 37.8 Å². The van der Waals surface area contributed by atoms with Crippen molar-refractivity contribution in [1.82, 2.24) is 15.5 Å². The summed E-state index contributed by atoms with van der Waals surface area (Å²) in [5.74, 6) is -0.151. The quantitative estimate of drug-likeness (QED) is 0.728. The van der Waals surface area contributed by atoms with Crippen LogP contribution in [0, 0.1) is 5.92 Å². The van der Waals surface area contributed by atoms with Gasteiger partial charge in [0.15, 0.2) is 0 Å². The van der Waals surface area contributed by atoms with Gasteiger partial charge in [-0.05, 0) is 57.7 Å². The van der Waals surface area contributed by atoms with Gasteiger partial charge in [-0.15, -0.1) is 0 Å². The summed E-state index contributed by atoms with van der Waals surface area (Å²) >= 11 is 12.0. The second-order valence-corrected chi connectivity index (χ2v) is 8.86. The van der Waals surface area contributed by atoms with Gasteiger partial charge in [-0.25, -0.2) is 4.79 Å². The molecule has 1 heterocycles. The van der Waals surface area contributed by atoms with E-state index in [4.69, 9.17) is 27.9 Å². The molecule has 0 atom stereocenters. The van der Waals surface area contributed by atoms with Crippen LogP contribution in [0.5, 0.6) is 0 Å². The number of hydrogen-bond acceptors (Lipinski definition) is 4. The lowest BCUT2D eigenvalue weighted by Gasteiger charge is -2.32. The van der Waals surface area contributed by atoms with Gasteiger partial charge in [-0.1, -0.05) is 23.2 Å². The van der Waals surface area contributed by atoms with Gasteiger partial charge in [-0.2, -0.15) is 0 Å². The Labute approximate surface area is 181 Å². The molecular formula is C20H27Cl2N3O4. The molecule has 1 aromatic carbocycles. The van der Waals surface area contributed by atoms with Crippen LogP contribution in [-0.4, -0.2) is 54.6 Å². The number of piperidine rings is 1. The first-order valence-corrected chi connectivity index (χ1v) is 10.3. The van der Waals surface area contributed by atoms with Gasteiger partial charge in [0.1, 0.15) is 12.1 Å². The highest BCUT2D eigenvalue weighted by molar-refractivity contribution is 6.35. The first-order chi connectivity index (χ1) is 13.5. The second kappa shape index (κ2) is 10.2. The third kappa shape index (κ3) is 7.74. The molecule has 160 valence electrons. The maximum Gasteiger partial charge on any atom is 0.408 e. The van der Waals surface area contributed by atoms with E-state index in [1.807, 2.05) is 0 Å². The predicted octanol–water partition coefficient (Wildman–Crippen LogP) is 3.49. The van der Waals surface area contributed by atoms with E-state index in [9.17, 15) is 14.4 Å². The Kier molecular flexibility index (Phi) is 8.16. The maximum absolute atomic E-state index is 12.3. The number of ether oxygens (including phenoxy) is 1. The van der Waals surface area contributed by atoms with E-state index in [0.29, 0.717) is 35.2 Å². The number of alkyl carbamates (subject to hydrolysis) is 1. The van der Waals surface area contributed by atoms with Crippen molar-refractivity contribution < 1.29 is 19.1 Å². The zero-order valence-electron chi connectivity index (χ0n) is 16.9. The minimum atomic E-state index is -0.608. The van der Waals surface area contributed by atoms with Crippen LogP contribution >= 0.6 is 23.2 Å². The maximum atomic E-state index is 12.3. The molecule has 0 aliphatic carbocycles. The number of carbonyl (C=O) groups excluding carboxylic acids is 3. The summed E-state index contributed by atoms with van der Waals surface area (Å²) in [5, 5.41) is 6.17. The molecule has 2 N–H and O–H groups in total. The number of nitrogens with one attached hydrogen (secondary N) is 2. The topological polar surface area (TPSA) is 87.7 Å². The van der Waals surface area contributed by atoms with Crippen LogP contribution in [0.1, 0.15) is 44.0 Å². The molecule has 0 saturated carbocycles. The van der Waals surface area contributed by atoms with Gasteiger partial charge in [0.25, 0.3) is 5.91 Å². The van der Waals surface area contributed by atoms with E-state index in [1.165, 1.54) is 6.07 Å². The summed E-state index contributed by atoms with van der Waals surface area (Å²) in [4.78, 5) is 37.9. The normalized spacial score (nSPS) is 15.0. The number of carbonyl (C=O) groups is 3. The third-order valence-corrected chi connectivity index (χ3v) is 5.04. The van der Waals surface area contributed by atoms with Gasteiger partial charge >= 0.3 is 6.09 Å². The zero-order chi connectivity index (χ0) is 21.6. The van der Waals surface area contributed by atoms with Gasteiger partial charge in [0, 0.05) is 24.7 Å². The van der Waals surface area contributed by atoms with Crippen molar-refractivity contribution in [3.63, 3.8) is 0 Å². The fourth-order valence-corrected chi connectivity index (χ4v) is 3.34. The lowest BCUT2D eigenvalue weighted by atomic mass is 9.96. The Hall–Kier alpha value is -1.99. The van der Waals surface area contributed by atoms with Crippen molar-refractivity contribution in [2.45, 2.75) is 39.2 Å². The van der Waals surface area contributed by atoms with Crippen LogP contribution in [0.15, 0.2) is 18.2 Å². The molecule has 0 radical (unpaired) electrons. The predicted molar refractivity (Wildman–Crippen MR) is 112 cm³/mol. The lowest BCUT2D eigenvalue weighted by molar-refractivity contribution is -0.131. The summed E-state index contributed by atoms with van der Waals surface area (Å²) in [6.07, 6.45) is 0.923. The molecule has 0 unspecified atom stereocenters. The molecule has 9 heteroatoms. The highest BCUT2D eigenvalue weighted by atomic mass is 35.5. The van der Waals surface area contributed by atoms with Crippen molar-refractivity contribution in [3.8, 4) is 0 Å². The molecule has 2 rings (SSSR count). The van der Waals surface area contributed by atoms with E-state index in [-0.39, 0.29) is 24.3 Å². The molecule has 7 nitrogen and oxygen atoms in total. The number of hydrogen-bond donors (Lipinski definition) is 2. The Balaban J connectivity index is 1.72. The average molecular weight is 444 g/mol. The highest BCUT2D eigenvalue weighted by Crippen LogP contribution is 2.21. The van der Waals surface area contributed by atoms with Crippen molar-refractivity contribution in [2.75, 3.05) is 26.2 Å². The Bertz CT molecular complexity index is 757. The van der Waals surface area contributed by atoms with E-state index >= 15 is 0 Å². The number of likely N-dealkylation sites (tertiary alicyclic amines) is 1. The summed E-state index contributed by atoms with van der Waals surface area (Å²) in [6, 6.07) is 4.76. The average Bonchev–Trinajstić information content (AvgIpc) is 2.65. The fourth-order valence-electron chi connectivity index (χ4n) is 2.96. The molecule has 0 aromatic heterocycles.